The van der Waals surface area contributed by atoms with Crippen molar-refractivity contribution in [2.24, 2.45) is 0 Å². The van der Waals surface area contributed by atoms with Crippen molar-refractivity contribution < 1.29 is 17.6 Å². The van der Waals surface area contributed by atoms with E-state index in [0.717, 1.165) is 25.2 Å². The Kier molecular flexibility index (Phi) is 5.97. The third kappa shape index (κ3) is 4.36. The molecule has 1 aromatic heterocycles. The first-order chi connectivity index (χ1) is 15.3. The Labute approximate surface area is 185 Å². The summed E-state index contributed by atoms with van der Waals surface area (Å²) in [5, 5.41) is 12.2. The summed E-state index contributed by atoms with van der Waals surface area (Å²) in [5.41, 5.74) is 0.399. The molecule has 3 heterocycles. The molecule has 32 heavy (non-hydrogen) atoms. The zero-order chi connectivity index (χ0) is 22.9. The lowest BCUT2D eigenvalue weighted by molar-refractivity contribution is -0.130. The number of hydrogen-bond donors (Lipinski definition) is 1. The lowest BCUT2D eigenvalue weighted by atomic mass is 10.0. The summed E-state index contributed by atoms with van der Waals surface area (Å²) in [6, 6.07) is 5.21. The Hall–Kier alpha value is -3.26. The monoisotopic (exact) mass is 458 g/mol. The number of hydrogen-bond acceptors (Lipinski definition) is 8. The van der Waals surface area contributed by atoms with Crippen LogP contribution in [0.4, 0.5) is 15.9 Å². The molecule has 0 bridgehead atoms. The summed E-state index contributed by atoms with van der Waals surface area (Å²) < 4.78 is 37.6. The molecule has 168 valence electrons. The Morgan fingerprint density at radius 3 is 2.53 bits per heavy atom. The number of likely N-dealkylation sites (tertiary alicyclic amines) is 1. The molecule has 1 atom stereocenters. The molecule has 2 aliphatic heterocycles. The van der Waals surface area contributed by atoms with Gasteiger partial charge in [-0.2, -0.15) is 5.26 Å². The van der Waals surface area contributed by atoms with E-state index in [2.05, 4.69) is 21.4 Å². The number of anilines is 2. The number of sulfone groups is 1. The Morgan fingerprint density at radius 2 is 1.88 bits per heavy atom. The Balaban J connectivity index is 1.38. The highest BCUT2D eigenvalue weighted by atomic mass is 32.2. The quantitative estimate of drug-likeness (QED) is 0.717. The molecule has 1 amide bonds. The predicted octanol–water partition coefficient (Wildman–Crippen LogP) is 1.57. The minimum Gasteiger partial charge on any atom is -0.371 e. The maximum Gasteiger partial charge on any atom is 0.245 e. The van der Waals surface area contributed by atoms with Crippen LogP contribution in [-0.2, 0) is 14.6 Å². The van der Waals surface area contributed by atoms with Crippen molar-refractivity contribution in [1.29, 1.82) is 5.26 Å². The third-order valence-corrected chi connectivity index (χ3v) is 7.04. The molecule has 0 spiro atoms. The molecule has 2 fully saturated rings. The van der Waals surface area contributed by atoms with E-state index in [0.29, 0.717) is 31.9 Å². The highest BCUT2D eigenvalue weighted by Crippen LogP contribution is 2.28. The van der Waals surface area contributed by atoms with Crippen molar-refractivity contribution in [3.05, 3.63) is 42.1 Å². The van der Waals surface area contributed by atoms with Gasteiger partial charge in [0.2, 0.25) is 5.91 Å². The number of piperidine rings is 1. The first-order valence-corrected chi connectivity index (χ1v) is 12.2. The van der Waals surface area contributed by atoms with Gasteiger partial charge in [-0.25, -0.2) is 22.8 Å². The van der Waals surface area contributed by atoms with Crippen molar-refractivity contribution in [3.63, 3.8) is 0 Å². The second kappa shape index (κ2) is 8.70. The summed E-state index contributed by atoms with van der Waals surface area (Å²) in [6.07, 6.45) is 6.07. The molecule has 0 unspecified atom stereocenters. The van der Waals surface area contributed by atoms with Crippen LogP contribution in [0.25, 0.3) is 0 Å². The molecule has 0 saturated carbocycles. The Morgan fingerprint density at radius 1 is 1.16 bits per heavy atom. The van der Waals surface area contributed by atoms with Crippen LogP contribution in [0.5, 0.6) is 0 Å². The minimum absolute atomic E-state index is 0.0604. The van der Waals surface area contributed by atoms with Crippen LogP contribution >= 0.6 is 0 Å². The van der Waals surface area contributed by atoms with Crippen molar-refractivity contribution in [1.82, 2.24) is 14.9 Å². The molecule has 1 N–H and O–H groups in total. The average molecular weight is 459 g/mol. The normalized spacial score (nSPS) is 19.8. The van der Waals surface area contributed by atoms with Crippen molar-refractivity contribution in [2.45, 2.75) is 36.2 Å². The van der Waals surface area contributed by atoms with E-state index in [4.69, 9.17) is 0 Å². The molecule has 9 nitrogen and oxygen atoms in total. The van der Waals surface area contributed by atoms with Gasteiger partial charge in [-0.1, -0.05) is 0 Å². The molecule has 2 aromatic rings. The van der Waals surface area contributed by atoms with E-state index >= 15 is 0 Å². The van der Waals surface area contributed by atoms with Crippen LogP contribution in [0.15, 0.2) is 35.5 Å². The fourth-order valence-corrected chi connectivity index (χ4v) is 4.89. The predicted molar refractivity (Wildman–Crippen MR) is 115 cm³/mol. The average Bonchev–Trinajstić information content (AvgIpc) is 3.14. The minimum atomic E-state index is -3.51. The van der Waals surface area contributed by atoms with Crippen molar-refractivity contribution in [2.75, 3.05) is 36.1 Å². The summed E-state index contributed by atoms with van der Waals surface area (Å²) in [5.74, 6) is -0.231. The standard InChI is InChI=1S/C21H23FN6O3S/c1-32(30,31)15-2-3-17(16(22)12-15)26-18-6-11-28(21(18)29)14-4-9-27(10-5-14)20-19(13-23)24-7-8-25-20/h2-3,7-8,12,14,18,26H,4-6,9-11H2,1H3/t18-/m0/s1. The van der Waals surface area contributed by atoms with Gasteiger partial charge in [-0.3, -0.25) is 4.79 Å². The van der Waals surface area contributed by atoms with Gasteiger partial charge in [0.1, 0.15) is 17.9 Å². The van der Waals surface area contributed by atoms with Crippen LogP contribution in [0.2, 0.25) is 0 Å². The number of nitriles is 1. The summed E-state index contributed by atoms with van der Waals surface area (Å²) >= 11 is 0. The number of carbonyl (C=O) groups is 1. The number of nitrogens with one attached hydrogen (secondary N) is 1. The summed E-state index contributed by atoms with van der Waals surface area (Å²) in [6.45, 7) is 1.88. The molecular formula is C21H23FN6O3S. The zero-order valence-corrected chi connectivity index (χ0v) is 18.3. The number of aromatic nitrogens is 2. The number of benzene rings is 1. The fourth-order valence-electron chi connectivity index (χ4n) is 4.26. The van der Waals surface area contributed by atoms with Gasteiger partial charge in [-0.05, 0) is 37.5 Å². The van der Waals surface area contributed by atoms with Crippen LogP contribution < -0.4 is 10.2 Å². The fraction of sp³-hybridized carbons (Fsp3) is 0.429. The van der Waals surface area contributed by atoms with E-state index in [1.54, 1.807) is 6.20 Å². The van der Waals surface area contributed by atoms with Gasteiger partial charge in [0, 0.05) is 44.3 Å². The maximum absolute atomic E-state index is 14.4. The number of halogens is 1. The van der Waals surface area contributed by atoms with E-state index in [-0.39, 0.29) is 28.2 Å². The second-order valence-corrected chi connectivity index (χ2v) is 10.0. The number of carbonyl (C=O) groups excluding carboxylic acids is 1. The SMILES string of the molecule is CS(=O)(=O)c1ccc(N[C@H]2CCN(C3CCN(c4nccnc4C#N)CC3)C2=O)c(F)c1. The van der Waals surface area contributed by atoms with Crippen LogP contribution in [0.3, 0.4) is 0 Å². The van der Waals surface area contributed by atoms with E-state index in [1.165, 1.54) is 18.3 Å². The number of nitrogens with zero attached hydrogens (tertiary/aromatic N) is 5. The molecule has 11 heteroatoms. The smallest absolute Gasteiger partial charge is 0.245 e. The van der Waals surface area contributed by atoms with Crippen molar-refractivity contribution >= 4 is 27.2 Å². The van der Waals surface area contributed by atoms with Gasteiger partial charge in [0.05, 0.1) is 10.6 Å². The lowest BCUT2D eigenvalue weighted by Crippen LogP contribution is -2.47. The summed E-state index contributed by atoms with van der Waals surface area (Å²) in [4.78, 5) is 25.0. The number of rotatable bonds is 5. The number of amides is 1. The third-order valence-electron chi connectivity index (χ3n) is 5.93. The highest BCUT2D eigenvalue weighted by Gasteiger charge is 2.37. The Bertz CT molecular complexity index is 1170. The second-order valence-electron chi connectivity index (χ2n) is 7.99. The first kappa shape index (κ1) is 22.0. The molecule has 0 aliphatic carbocycles. The van der Waals surface area contributed by atoms with Gasteiger partial charge in [-0.15, -0.1) is 0 Å². The van der Waals surface area contributed by atoms with Gasteiger partial charge < -0.3 is 15.1 Å². The molecule has 2 saturated heterocycles. The molecule has 4 rings (SSSR count). The van der Waals surface area contributed by atoms with E-state index in [1.807, 2.05) is 9.80 Å². The lowest BCUT2D eigenvalue weighted by Gasteiger charge is -2.37. The topological polar surface area (TPSA) is 119 Å². The zero-order valence-electron chi connectivity index (χ0n) is 17.5. The van der Waals surface area contributed by atoms with Gasteiger partial charge >= 0.3 is 0 Å². The molecule has 2 aliphatic rings. The molecule has 1 aromatic carbocycles. The van der Waals surface area contributed by atoms with Crippen LogP contribution in [-0.4, -0.2) is 67.2 Å². The maximum atomic E-state index is 14.4. The van der Waals surface area contributed by atoms with E-state index < -0.39 is 21.7 Å². The molecule has 0 radical (unpaired) electrons. The largest absolute Gasteiger partial charge is 0.371 e. The van der Waals surface area contributed by atoms with Gasteiger partial charge in [0.25, 0.3) is 0 Å². The van der Waals surface area contributed by atoms with Crippen LogP contribution in [0.1, 0.15) is 25.0 Å². The summed E-state index contributed by atoms with van der Waals surface area (Å²) in [7, 11) is -3.51. The molecular weight excluding hydrogens is 435 g/mol. The van der Waals surface area contributed by atoms with Gasteiger partial charge in [0.15, 0.2) is 21.3 Å². The highest BCUT2D eigenvalue weighted by molar-refractivity contribution is 7.90. The van der Waals surface area contributed by atoms with E-state index in [9.17, 15) is 22.9 Å². The first-order valence-electron chi connectivity index (χ1n) is 10.3. The van der Waals surface area contributed by atoms with Crippen molar-refractivity contribution in [3.8, 4) is 6.07 Å². The van der Waals surface area contributed by atoms with Crippen LogP contribution in [0, 0.1) is 17.1 Å².